The number of hydrogen-bond donors (Lipinski definition) is 0. The molecule has 0 unspecified atom stereocenters. The van der Waals surface area contributed by atoms with Gasteiger partial charge < -0.3 is 13.9 Å². The van der Waals surface area contributed by atoms with Crippen molar-refractivity contribution in [2.75, 3.05) is 13.2 Å². The minimum Gasteiger partial charge on any atom is -0.469 e. The molecule has 5 nitrogen and oxygen atoms in total. The fourth-order valence-corrected chi connectivity index (χ4v) is 1.56. The molecule has 0 atom stereocenters. The molecule has 0 aliphatic rings. The first-order valence-corrected chi connectivity index (χ1v) is 6.04. The van der Waals surface area contributed by atoms with Gasteiger partial charge in [0.15, 0.2) is 5.92 Å². The molecule has 0 aromatic carbocycles. The third-order valence-electron chi connectivity index (χ3n) is 2.40. The average Bonchev–Trinajstić information content (AvgIpc) is 2.83. The van der Waals surface area contributed by atoms with Crippen LogP contribution in [0.2, 0.25) is 0 Å². The van der Waals surface area contributed by atoms with Crippen LogP contribution < -0.4 is 0 Å². The van der Waals surface area contributed by atoms with Crippen LogP contribution >= 0.6 is 0 Å². The largest absolute Gasteiger partial charge is 0.469 e. The highest BCUT2D eigenvalue weighted by Gasteiger charge is 2.29. The second-order valence-corrected chi connectivity index (χ2v) is 3.67. The number of furan rings is 1. The van der Waals surface area contributed by atoms with Crippen molar-refractivity contribution in [3.63, 3.8) is 0 Å². The van der Waals surface area contributed by atoms with E-state index in [2.05, 4.69) is 0 Å². The summed E-state index contributed by atoms with van der Waals surface area (Å²) in [5, 5.41) is 0. The lowest BCUT2D eigenvalue weighted by Gasteiger charge is -2.13. The van der Waals surface area contributed by atoms with Crippen molar-refractivity contribution >= 4 is 11.9 Å². The summed E-state index contributed by atoms with van der Waals surface area (Å²) < 4.78 is 14.9. The van der Waals surface area contributed by atoms with Crippen LogP contribution in [0.15, 0.2) is 22.8 Å². The zero-order chi connectivity index (χ0) is 13.4. The van der Waals surface area contributed by atoms with Gasteiger partial charge in [-0.25, -0.2) is 0 Å². The lowest BCUT2D eigenvalue weighted by atomic mass is 10.0. The van der Waals surface area contributed by atoms with E-state index in [-0.39, 0.29) is 13.2 Å². The second-order valence-electron chi connectivity index (χ2n) is 3.67. The van der Waals surface area contributed by atoms with E-state index in [1.807, 2.05) is 0 Å². The highest BCUT2D eigenvalue weighted by atomic mass is 16.6. The van der Waals surface area contributed by atoms with Gasteiger partial charge in [0.05, 0.1) is 19.5 Å². The molecule has 0 spiro atoms. The number of aryl methyl sites for hydroxylation is 1. The van der Waals surface area contributed by atoms with Gasteiger partial charge in [0.1, 0.15) is 5.76 Å². The smallest absolute Gasteiger partial charge is 0.320 e. The Morgan fingerprint density at radius 3 is 2.28 bits per heavy atom. The van der Waals surface area contributed by atoms with E-state index in [0.717, 1.165) is 5.76 Å². The number of hydrogen-bond acceptors (Lipinski definition) is 5. The number of esters is 2. The van der Waals surface area contributed by atoms with Gasteiger partial charge >= 0.3 is 11.9 Å². The summed E-state index contributed by atoms with van der Waals surface area (Å²) in [6, 6.07) is 3.56. The fraction of sp³-hybridized carbons (Fsp3) is 0.538. The van der Waals surface area contributed by atoms with Crippen molar-refractivity contribution < 1.29 is 23.5 Å². The van der Waals surface area contributed by atoms with Gasteiger partial charge in [0.2, 0.25) is 0 Å². The highest BCUT2D eigenvalue weighted by molar-refractivity contribution is 5.94. The Morgan fingerprint density at radius 2 is 1.83 bits per heavy atom. The number of rotatable bonds is 7. The van der Waals surface area contributed by atoms with Crippen LogP contribution in [0.3, 0.4) is 0 Å². The minimum atomic E-state index is -0.880. The Labute approximate surface area is 106 Å². The van der Waals surface area contributed by atoms with Crippen molar-refractivity contribution in [2.24, 2.45) is 5.92 Å². The molecule has 1 heterocycles. The summed E-state index contributed by atoms with van der Waals surface area (Å²) in [7, 11) is 0. The molecular formula is C13H18O5. The van der Waals surface area contributed by atoms with Gasteiger partial charge in [0.25, 0.3) is 0 Å². The van der Waals surface area contributed by atoms with Gasteiger partial charge in [-0.15, -0.1) is 0 Å². The summed E-state index contributed by atoms with van der Waals surface area (Å²) in [5.41, 5.74) is 0. The number of carbonyl (C=O) groups excluding carboxylic acids is 2. The molecule has 0 radical (unpaired) electrons. The highest BCUT2D eigenvalue weighted by Crippen LogP contribution is 2.14. The standard InChI is InChI=1S/C13H18O5/c1-3-16-12(14)11(13(15)17-4-2)8-7-10-6-5-9-18-10/h5-6,9,11H,3-4,7-8H2,1-2H3. The minimum absolute atomic E-state index is 0.246. The van der Waals surface area contributed by atoms with E-state index >= 15 is 0 Å². The summed E-state index contributed by atoms with van der Waals surface area (Å²) in [6.45, 7) is 3.89. The first kappa shape index (κ1) is 14.3. The molecule has 0 aliphatic carbocycles. The van der Waals surface area contributed by atoms with E-state index in [1.165, 1.54) is 0 Å². The predicted octanol–water partition coefficient (Wildman–Crippen LogP) is 1.95. The molecule has 0 fully saturated rings. The number of ether oxygens (including phenoxy) is 2. The molecule has 100 valence electrons. The molecular weight excluding hydrogens is 236 g/mol. The Hall–Kier alpha value is -1.78. The lowest BCUT2D eigenvalue weighted by molar-refractivity contribution is -0.161. The Morgan fingerprint density at radius 1 is 1.22 bits per heavy atom. The average molecular weight is 254 g/mol. The second kappa shape index (κ2) is 7.53. The maximum absolute atomic E-state index is 11.7. The molecule has 0 bridgehead atoms. The van der Waals surface area contributed by atoms with Crippen molar-refractivity contribution in [1.82, 2.24) is 0 Å². The van der Waals surface area contributed by atoms with Gasteiger partial charge in [-0.05, 0) is 32.4 Å². The van der Waals surface area contributed by atoms with Crippen molar-refractivity contribution in [1.29, 1.82) is 0 Å². The van der Waals surface area contributed by atoms with Gasteiger partial charge in [0, 0.05) is 6.42 Å². The van der Waals surface area contributed by atoms with Crippen molar-refractivity contribution in [3.05, 3.63) is 24.2 Å². The third-order valence-corrected chi connectivity index (χ3v) is 2.40. The van der Waals surface area contributed by atoms with Gasteiger partial charge in [-0.1, -0.05) is 0 Å². The molecule has 5 heteroatoms. The van der Waals surface area contributed by atoms with Crippen molar-refractivity contribution in [3.8, 4) is 0 Å². The Bertz CT molecular complexity index is 351. The molecule has 0 aliphatic heterocycles. The molecule has 0 saturated heterocycles. The van der Waals surface area contributed by atoms with E-state index in [9.17, 15) is 9.59 Å². The Kier molecular flexibility index (Phi) is 5.97. The predicted molar refractivity (Wildman–Crippen MR) is 63.8 cm³/mol. The quantitative estimate of drug-likeness (QED) is 0.549. The first-order valence-electron chi connectivity index (χ1n) is 6.04. The SMILES string of the molecule is CCOC(=O)C(CCc1ccco1)C(=O)OCC. The zero-order valence-corrected chi connectivity index (χ0v) is 10.7. The monoisotopic (exact) mass is 254 g/mol. The first-order chi connectivity index (χ1) is 8.69. The van der Waals surface area contributed by atoms with E-state index in [1.54, 1.807) is 32.2 Å². The van der Waals surface area contributed by atoms with Crippen LogP contribution in [0.4, 0.5) is 0 Å². The van der Waals surface area contributed by atoms with Gasteiger partial charge in [-0.2, -0.15) is 0 Å². The molecule has 1 aromatic rings. The zero-order valence-electron chi connectivity index (χ0n) is 10.7. The van der Waals surface area contributed by atoms with E-state index in [0.29, 0.717) is 12.8 Å². The third kappa shape index (κ3) is 4.24. The molecule has 0 saturated carbocycles. The maximum atomic E-state index is 11.7. The fourth-order valence-electron chi connectivity index (χ4n) is 1.56. The van der Waals surface area contributed by atoms with Crippen LogP contribution in [0.5, 0.6) is 0 Å². The topological polar surface area (TPSA) is 65.7 Å². The van der Waals surface area contributed by atoms with Crippen molar-refractivity contribution in [2.45, 2.75) is 26.7 Å². The van der Waals surface area contributed by atoms with Crippen LogP contribution in [0.25, 0.3) is 0 Å². The maximum Gasteiger partial charge on any atom is 0.320 e. The molecule has 1 rings (SSSR count). The summed E-state index contributed by atoms with van der Waals surface area (Å²) in [4.78, 5) is 23.3. The van der Waals surface area contributed by atoms with Gasteiger partial charge in [-0.3, -0.25) is 9.59 Å². The molecule has 18 heavy (non-hydrogen) atoms. The molecule has 0 amide bonds. The normalized spacial score (nSPS) is 10.4. The molecule has 0 N–H and O–H groups in total. The summed E-state index contributed by atoms with van der Waals surface area (Å²) >= 11 is 0. The van der Waals surface area contributed by atoms with Crippen LogP contribution in [0, 0.1) is 5.92 Å². The Balaban J connectivity index is 2.59. The van der Waals surface area contributed by atoms with E-state index < -0.39 is 17.9 Å². The van der Waals surface area contributed by atoms with Crippen LogP contribution in [0.1, 0.15) is 26.0 Å². The lowest BCUT2D eigenvalue weighted by Crippen LogP contribution is -2.28. The van der Waals surface area contributed by atoms with Crippen LogP contribution in [-0.2, 0) is 25.5 Å². The van der Waals surface area contributed by atoms with Crippen LogP contribution in [-0.4, -0.2) is 25.2 Å². The summed E-state index contributed by atoms with van der Waals surface area (Å²) in [6.07, 6.45) is 2.37. The molecule has 1 aromatic heterocycles. The summed E-state index contributed by atoms with van der Waals surface area (Å²) in [5.74, 6) is -1.23. The number of carbonyl (C=O) groups is 2. The van der Waals surface area contributed by atoms with E-state index in [4.69, 9.17) is 13.9 Å².